The Bertz CT molecular complexity index is 578. The average molecular weight is 307 g/mol. The van der Waals surface area contributed by atoms with Crippen molar-refractivity contribution in [3.63, 3.8) is 0 Å². The Hall–Kier alpha value is -0.310. The Morgan fingerprint density at radius 3 is 2.19 bits per heavy atom. The van der Waals surface area contributed by atoms with Gasteiger partial charge in [0.1, 0.15) is 5.16 Å². The summed E-state index contributed by atoms with van der Waals surface area (Å²) in [6, 6.07) is 0. The quantitative estimate of drug-likeness (QED) is 0.544. The number of hydrogen-bond donors (Lipinski definition) is 1. The third kappa shape index (κ3) is 2.68. The molecule has 0 saturated carbocycles. The molecule has 0 aromatic heterocycles. The summed E-state index contributed by atoms with van der Waals surface area (Å²) in [5, 5.41) is 1.43. The maximum absolute atomic E-state index is 11.4. The molecule has 0 aromatic rings. The molecular formula is C6H8Cl2N2O4S2. The standard InChI is InChI=1S/C6H8Cl2N2O4S2/c1-15(11,12)5-9-4(7)3-6(8,10-5)16(2,13)14/h3H,1-2H3,(H,9,10). The zero-order valence-corrected chi connectivity index (χ0v) is 11.4. The highest BCUT2D eigenvalue weighted by molar-refractivity contribution is 8.05. The Labute approximate surface area is 103 Å². The summed E-state index contributed by atoms with van der Waals surface area (Å²) in [6.07, 6.45) is 2.60. The second-order valence-electron chi connectivity index (χ2n) is 3.19. The first-order valence-electron chi connectivity index (χ1n) is 3.79. The molecule has 0 aliphatic carbocycles. The highest BCUT2D eigenvalue weighted by Crippen LogP contribution is 2.30. The van der Waals surface area contributed by atoms with Gasteiger partial charge in [-0.1, -0.05) is 23.2 Å². The molecule has 1 rings (SSSR count). The van der Waals surface area contributed by atoms with Gasteiger partial charge in [-0.2, -0.15) is 0 Å². The fourth-order valence-corrected chi connectivity index (χ4v) is 2.78. The molecule has 0 aromatic carbocycles. The van der Waals surface area contributed by atoms with Crippen molar-refractivity contribution in [1.29, 1.82) is 0 Å². The maximum atomic E-state index is 11.4. The molecule has 1 N–H and O–H groups in total. The molecule has 0 amide bonds. The predicted molar refractivity (Wildman–Crippen MR) is 62.8 cm³/mol. The fourth-order valence-electron chi connectivity index (χ4n) is 0.859. The normalized spacial score (nSPS) is 26.8. The van der Waals surface area contributed by atoms with Crippen molar-refractivity contribution < 1.29 is 16.8 Å². The van der Waals surface area contributed by atoms with Crippen LogP contribution < -0.4 is 5.32 Å². The Morgan fingerprint density at radius 2 is 1.81 bits per heavy atom. The van der Waals surface area contributed by atoms with E-state index in [9.17, 15) is 16.8 Å². The Balaban J connectivity index is 3.45. The third-order valence-corrected chi connectivity index (χ3v) is 5.04. The average Bonchev–Trinajstić information content (AvgIpc) is 1.98. The zero-order chi connectivity index (χ0) is 12.8. The number of nitrogens with one attached hydrogen (secondary N) is 1. The third-order valence-electron chi connectivity index (χ3n) is 1.66. The lowest BCUT2D eigenvalue weighted by Gasteiger charge is -2.23. The van der Waals surface area contributed by atoms with E-state index >= 15 is 0 Å². The largest absolute Gasteiger partial charge is 0.321 e. The van der Waals surface area contributed by atoms with Crippen LogP contribution in [0.5, 0.6) is 0 Å². The summed E-state index contributed by atoms with van der Waals surface area (Å²) in [6.45, 7) is 0. The number of halogens is 2. The molecule has 1 unspecified atom stereocenters. The van der Waals surface area contributed by atoms with Gasteiger partial charge in [0.2, 0.25) is 15.0 Å². The van der Waals surface area contributed by atoms with Crippen molar-refractivity contribution >= 4 is 48.0 Å². The Kier molecular flexibility index (Phi) is 3.32. The number of sulfone groups is 2. The smallest absolute Gasteiger partial charge is 0.258 e. The molecule has 16 heavy (non-hydrogen) atoms. The summed E-state index contributed by atoms with van der Waals surface area (Å²) >= 11 is 11.3. The van der Waals surface area contributed by atoms with Gasteiger partial charge in [0, 0.05) is 18.6 Å². The molecule has 0 radical (unpaired) electrons. The van der Waals surface area contributed by atoms with Crippen molar-refractivity contribution in [1.82, 2.24) is 5.32 Å². The van der Waals surface area contributed by atoms with Gasteiger partial charge < -0.3 is 5.32 Å². The SMILES string of the molecule is CS(=O)(=O)C1=NC(Cl)(S(C)(=O)=O)C=C(Cl)N1. The van der Waals surface area contributed by atoms with E-state index in [1.165, 1.54) is 0 Å². The molecular weight excluding hydrogens is 299 g/mol. The van der Waals surface area contributed by atoms with Gasteiger partial charge in [-0.3, -0.25) is 0 Å². The van der Waals surface area contributed by atoms with Crippen molar-refractivity contribution in [3.8, 4) is 0 Å². The van der Waals surface area contributed by atoms with E-state index in [-0.39, 0.29) is 5.16 Å². The van der Waals surface area contributed by atoms with Gasteiger partial charge in [-0.25, -0.2) is 21.8 Å². The molecule has 10 heteroatoms. The minimum Gasteiger partial charge on any atom is -0.321 e. The van der Waals surface area contributed by atoms with Crippen LogP contribution in [0.2, 0.25) is 0 Å². The minimum absolute atomic E-state index is 0.212. The second kappa shape index (κ2) is 3.86. The van der Waals surface area contributed by atoms with E-state index in [4.69, 9.17) is 23.2 Å². The maximum Gasteiger partial charge on any atom is 0.258 e. The molecule has 6 nitrogen and oxygen atoms in total. The molecule has 0 spiro atoms. The first-order valence-corrected chi connectivity index (χ1v) is 8.33. The first-order chi connectivity index (χ1) is 6.96. The van der Waals surface area contributed by atoms with Crippen LogP contribution in [0, 0.1) is 0 Å². The number of aliphatic imine (C=N–C) groups is 1. The number of amidine groups is 1. The Morgan fingerprint density at radius 1 is 1.31 bits per heavy atom. The number of alkyl halides is 1. The predicted octanol–water partition coefficient (Wildman–Crippen LogP) is 0.00760. The van der Waals surface area contributed by atoms with Gasteiger partial charge in [-0.15, -0.1) is 0 Å². The zero-order valence-electron chi connectivity index (χ0n) is 8.23. The van der Waals surface area contributed by atoms with Crippen LogP contribution in [0.3, 0.4) is 0 Å². The van der Waals surface area contributed by atoms with Gasteiger partial charge >= 0.3 is 0 Å². The van der Waals surface area contributed by atoms with E-state index in [0.717, 1.165) is 18.6 Å². The van der Waals surface area contributed by atoms with Crippen LogP contribution in [0.4, 0.5) is 0 Å². The lowest BCUT2D eigenvalue weighted by Crippen LogP contribution is -2.40. The van der Waals surface area contributed by atoms with E-state index in [0.29, 0.717) is 0 Å². The summed E-state index contributed by atoms with van der Waals surface area (Å²) in [7, 11) is -7.56. The van der Waals surface area contributed by atoms with Gasteiger partial charge in [0.05, 0.1) is 0 Å². The van der Waals surface area contributed by atoms with Gasteiger partial charge in [0.25, 0.3) is 4.33 Å². The molecule has 1 atom stereocenters. The molecule has 1 heterocycles. The van der Waals surface area contributed by atoms with Crippen LogP contribution in [-0.4, -0.2) is 38.8 Å². The number of nitrogens with zero attached hydrogens (tertiary/aromatic N) is 1. The summed E-state index contributed by atoms with van der Waals surface area (Å²) < 4.78 is 43.0. The molecule has 0 saturated heterocycles. The number of rotatable bonds is 1. The van der Waals surface area contributed by atoms with Crippen LogP contribution in [0.1, 0.15) is 0 Å². The minimum atomic E-state index is -3.84. The summed E-state index contributed by atoms with van der Waals surface area (Å²) in [5.41, 5.74) is 0. The molecule has 1 aliphatic rings. The van der Waals surface area contributed by atoms with E-state index < -0.39 is 29.2 Å². The van der Waals surface area contributed by atoms with E-state index in [1.54, 1.807) is 0 Å². The van der Waals surface area contributed by atoms with E-state index in [2.05, 4.69) is 10.3 Å². The molecule has 0 fully saturated rings. The van der Waals surface area contributed by atoms with Crippen molar-refractivity contribution in [2.24, 2.45) is 4.99 Å². The molecule has 1 aliphatic heterocycles. The first kappa shape index (κ1) is 13.8. The number of hydrogen-bond acceptors (Lipinski definition) is 6. The van der Waals surface area contributed by atoms with Gasteiger partial charge in [-0.05, 0) is 0 Å². The highest BCUT2D eigenvalue weighted by atomic mass is 35.5. The van der Waals surface area contributed by atoms with Crippen LogP contribution in [-0.2, 0) is 19.7 Å². The monoisotopic (exact) mass is 306 g/mol. The summed E-state index contributed by atoms with van der Waals surface area (Å²) in [5.74, 6) is 0. The van der Waals surface area contributed by atoms with Crippen LogP contribution in [0.25, 0.3) is 0 Å². The van der Waals surface area contributed by atoms with Crippen molar-refractivity contribution in [2.75, 3.05) is 12.5 Å². The second-order valence-corrected chi connectivity index (χ2v) is 8.49. The van der Waals surface area contributed by atoms with Crippen LogP contribution in [0.15, 0.2) is 16.2 Å². The summed E-state index contributed by atoms with van der Waals surface area (Å²) in [4.78, 5) is 3.44. The molecule has 0 bridgehead atoms. The molecule has 92 valence electrons. The van der Waals surface area contributed by atoms with E-state index in [1.807, 2.05) is 0 Å². The topological polar surface area (TPSA) is 92.7 Å². The van der Waals surface area contributed by atoms with Gasteiger partial charge in [0.15, 0.2) is 9.84 Å². The lowest BCUT2D eigenvalue weighted by atomic mass is 10.5. The fraction of sp³-hybridized carbons (Fsp3) is 0.500. The van der Waals surface area contributed by atoms with Crippen molar-refractivity contribution in [3.05, 3.63) is 11.2 Å². The highest BCUT2D eigenvalue weighted by Gasteiger charge is 2.41. The lowest BCUT2D eigenvalue weighted by molar-refractivity contribution is 0.589. The van der Waals surface area contributed by atoms with Crippen molar-refractivity contribution in [2.45, 2.75) is 4.33 Å². The van der Waals surface area contributed by atoms with Crippen LogP contribution >= 0.6 is 23.2 Å².